The molecule has 2 heterocycles. The number of benzene rings is 6. The first-order valence-corrected chi connectivity index (χ1v) is 45.2. The molecular formula is C85H114F3NO9S6. The Hall–Kier alpha value is -5.70. The smallest absolute Gasteiger partial charge is 0.350 e. The molecule has 10 rings (SSSR count). The van der Waals surface area contributed by atoms with E-state index in [0.29, 0.717) is 29.6 Å². The van der Waals surface area contributed by atoms with Crippen LogP contribution in [0.3, 0.4) is 0 Å². The fourth-order valence-electron chi connectivity index (χ4n) is 12.7. The van der Waals surface area contributed by atoms with Crippen molar-refractivity contribution in [1.29, 1.82) is 0 Å². The van der Waals surface area contributed by atoms with Crippen LogP contribution in [0.25, 0.3) is 20.2 Å². The third-order valence-electron chi connectivity index (χ3n) is 20.3. The van der Waals surface area contributed by atoms with Crippen molar-refractivity contribution in [2.45, 2.75) is 242 Å². The molecule has 1 amide bonds. The number of thiophene rings is 2. The minimum atomic E-state index is -4.30. The summed E-state index contributed by atoms with van der Waals surface area (Å²) in [6.07, 6.45) is 11.4. The van der Waals surface area contributed by atoms with Gasteiger partial charge in [-0.3, -0.25) is 4.79 Å². The number of carbonyl (C=O) groups is 1. The first kappa shape index (κ1) is 85.5. The summed E-state index contributed by atoms with van der Waals surface area (Å²) in [6, 6.07) is 46.9. The van der Waals surface area contributed by atoms with E-state index in [0.717, 1.165) is 117 Å². The summed E-state index contributed by atoms with van der Waals surface area (Å²) >= 11 is 3.59. The predicted octanol–water partition coefficient (Wildman–Crippen LogP) is 21.2. The summed E-state index contributed by atoms with van der Waals surface area (Å²) in [5.74, 6) is 2.53. The van der Waals surface area contributed by atoms with Crippen LogP contribution in [-0.2, 0) is 95.6 Å². The molecule has 2 aliphatic carbocycles. The Morgan fingerprint density at radius 2 is 0.721 bits per heavy atom. The van der Waals surface area contributed by atoms with Gasteiger partial charge in [-0.15, -0.1) is 22.7 Å². The van der Waals surface area contributed by atoms with Gasteiger partial charge in [0.2, 0.25) is 0 Å². The van der Waals surface area contributed by atoms with Crippen LogP contribution in [0.15, 0.2) is 156 Å². The summed E-state index contributed by atoms with van der Waals surface area (Å²) in [6.45, 7) is 25.0. The summed E-state index contributed by atoms with van der Waals surface area (Å²) in [4.78, 5) is 12.1. The molecule has 0 saturated heterocycles. The predicted molar refractivity (Wildman–Crippen MR) is 431 cm³/mol. The molecule has 19 heteroatoms. The number of hydrogen-bond donors (Lipinski definition) is 1. The van der Waals surface area contributed by atoms with Crippen LogP contribution in [0.1, 0.15) is 222 Å². The highest BCUT2D eigenvalue weighted by atomic mass is 32.2. The molecule has 8 aromatic rings. The van der Waals surface area contributed by atoms with Gasteiger partial charge in [0.05, 0.1) is 47.6 Å². The molecule has 0 atom stereocenters. The van der Waals surface area contributed by atoms with Crippen LogP contribution in [0, 0.1) is 23.7 Å². The lowest BCUT2D eigenvalue weighted by molar-refractivity contribution is -0.137. The van der Waals surface area contributed by atoms with Crippen molar-refractivity contribution < 1.29 is 51.6 Å². The molecule has 2 aromatic heterocycles. The Kier molecular flexibility index (Phi) is 30.0. The number of amides is 1. The highest BCUT2D eigenvalue weighted by Gasteiger charge is 2.36. The number of aryl methyl sites for hydroxylation is 6. The topological polar surface area (TPSA) is 166 Å². The number of sulfone groups is 4. The van der Waals surface area contributed by atoms with Gasteiger partial charge in [0.15, 0.2) is 39.3 Å². The van der Waals surface area contributed by atoms with Crippen LogP contribution < -0.4 is 5.32 Å². The van der Waals surface area contributed by atoms with E-state index in [2.05, 4.69) is 76.7 Å². The van der Waals surface area contributed by atoms with Gasteiger partial charge in [-0.1, -0.05) is 129 Å². The number of carbonyl (C=O) groups excluding carboxylic acids is 1. The normalized spacial score (nSPS) is 17.3. The average Bonchev–Trinajstić information content (AvgIpc) is 1.29. The van der Waals surface area contributed by atoms with Crippen LogP contribution in [0.5, 0.6) is 0 Å². The SMILES string of the molecule is CC(C)(C)S(=O)(=O)CC1CCC(CCc2ccc3ccsc3c2)CC1.CC(C)(C)S(=O)(=O)CC1CCC(CCc2cccc(C(F)(F)F)c2)CC1.CC(C)(C)S(=O)(=O)Cc1ccc(CCc2ccc3ccsc3c2)cc1.CC(C)NC(=O)c1cccc(CCc2ccc(CS(=O)(=O)C(C)(C)C)cc2)c1. The van der Waals surface area contributed by atoms with Crippen molar-refractivity contribution >= 4 is 88.1 Å². The summed E-state index contributed by atoms with van der Waals surface area (Å²) in [5.41, 5.74) is 8.75. The van der Waals surface area contributed by atoms with E-state index < -0.39 is 70.1 Å². The largest absolute Gasteiger partial charge is 0.416 e. The zero-order valence-corrected chi connectivity index (χ0v) is 68.7. The molecule has 0 unspecified atom stereocenters. The molecule has 2 aliphatic rings. The number of rotatable bonds is 22. The Bertz CT molecular complexity index is 4530. The van der Waals surface area contributed by atoms with E-state index in [1.165, 1.54) is 68.3 Å². The Balaban J connectivity index is 0.000000194. The molecule has 10 nitrogen and oxygen atoms in total. The van der Waals surface area contributed by atoms with Crippen LogP contribution in [-0.4, -0.2) is 76.1 Å². The molecule has 6 aromatic carbocycles. The lowest BCUT2D eigenvalue weighted by Crippen LogP contribution is -2.34. The maximum Gasteiger partial charge on any atom is 0.416 e. The maximum absolute atomic E-state index is 12.8. The molecule has 104 heavy (non-hydrogen) atoms. The van der Waals surface area contributed by atoms with Gasteiger partial charge < -0.3 is 5.32 Å². The number of fused-ring (bicyclic) bond motifs is 2. The van der Waals surface area contributed by atoms with Crippen molar-refractivity contribution in [2.24, 2.45) is 23.7 Å². The first-order valence-electron chi connectivity index (χ1n) is 36.9. The first-order chi connectivity index (χ1) is 48.3. The highest BCUT2D eigenvalue weighted by Crippen LogP contribution is 2.38. The number of alkyl halides is 3. The molecule has 0 radical (unpaired) electrons. The van der Waals surface area contributed by atoms with Crippen LogP contribution in [0.2, 0.25) is 0 Å². The van der Waals surface area contributed by atoms with Gasteiger partial charge in [0, 0.05) is 21.0 Å². The van der Waals surface area contributed by atoms with Crippen molar-refractivity contribution in [3.05, 3.63) is 212 Å². The molecule has 2 fully saturated rings. The molecule has 1 N–H and O–H groups in total. The molecular weight excluding hydrogens is 1430 g/mol. The van der Waals surface area contributed by atoms with Crippen molar-refractivity contribution in [3.63, 3.8) is 0 Å². The number of hydrogen-bond acceptors (Lipinski definition) is 11. The van der Waals surface area contributed by atoms with Gasteiger partial charge in [0.1, 0.15) is 0 Å². The second-order valence-electron chi connectivity index (χ2n) is 33.1. The van der Waals surface area contributed by atoms with E-state index in [4.69, 9.17) is 0 Å². The lowest BCUT2D eigenvalue weighted by atomic mass is 9.80. The Morgan fingerprint density at radius 1 is 0.394 bits per heavy atom. The van der Waals surface area contributed by atoms with Gasteiger partial charge in [-0.2, -0.15) is 13.2 Å². The number of halogens is 3. The second kappa shape index (κ2) is 36.5. The van der Waals surface area contributed by atoms with Crippen LogP contribution in [0.4, 0.5) is 13.2 Å². The van der Waals surface area contributed by atoms with E-state index in [9.17, 15) is 51.6 Å². The van der Waals surface area contributed by atoms with Crippen molar-refractivity contribution in [1.82, 2.24) is 5.32 Å². The van der Waals surface area contributed by atoms with E-state index in [1.54, 1.807) is 79.7 Å². The van der Waals surface area contributed by atoms with E-state index in [-0.39, 0.29) is 35.1 Å². The third kappa shape index (κ3) is 26.3. The lowest BCUT2D eigenvalue weighted by Gasteiger charge is -2.30. The number of nitrogens with one attached hydrogen (secondary N) is 1. The quantitative estimate of drug-likeness (QED) is 0.0695. The highest BCUT2D eigenvalue weighted by molar-refractivity contribution is 7.93. The minimum absolute atomic E-state index is 0.0544. The zero-order chi connectivity index (χ0) is 76.7. The molecule has 570 valence electrons. The molecule has 0 aliphatic heterocycles. The molecule has 0 bridgehead atoms. The van der Waals surface area contributed by atoms with Gasteiger partial charge in [0.25, 0.3) is 5.91 Å². The summed E-state index contributed by atoms with van der Waals surface area (Å²) in [7, 11) is -12.4. The van der Waals surface area contributed by atoms with Crippen molar-refractivity contribution in [3.8, 4) is 0 Å². The van der Waals surface area contributed by atoms with Gasteiger partial charge >= 0.3 is 6.18 Å². The summed E-state index contributed by atoms with van der Waals surface area (Å²) < 4.78 is 137. The minimum Gasteiger partial charge on any atom is -0.350 e. The van der Waals surface area contributed by atoms with E-state index in [1.807, 2.05) is 107 Å². The Morgan fingerprint density at radius 3 is 1.10 bits per heavy atom. The third-order valence-corrected chi connectivity index (χ3v) is 32.8. The Labute approximate surface area is 629 Å². The fraction of sp³-hybridized carbons (Fsp3) is 0.518. The second-order valence-corrected chi connectivity index (χ2v) is 46.1. The fourth-order valence-corrected chi connectivity index (χ4v) is 19.5. The zero-order valence-electron chi connectivity index (χ0n) is 63.8. The standard InChI is InChI=1S/C23H31NO3S.C21H30O2S2.C21H24O2S2.C20H29F3O2S/c1-17(2)24-22(25)21-8-6-7-19(15-21)12-9-18-10-13-20(14-11-18)16-28(26,27)23(3,4)5;2*1-21(2,3)25(22,23)15-18-8-5-16(6-9-18)4-7-17-10-11-19-12-13-24-20(19)14-17;1-19(2,3)26(24,25)14-17-11-8-15(9-12-17)7-10-16-5-4-6-18(13-16)20(21,22)23/h6-8,10-11,13-15,17H,9,12,16H2,1-5H3,(H,24,25);10-14,16,18H,4-9,15H2,1-3H3;5-6,8-14H,4,7,15H2,1-3H3;4-6,13,15,17H,7-12,14H2,1-3H3. The molecule has 2 saturated carbocycles. The maximum atomic E-state index is 12.8. The van der Waals surface area contributed by atoms with Gasteiger partial charge in [-0.25, -0.2) is 33.7 Å². The van der Waals surface area contributed by atoms with E-state index >= 15 is 0 Å². The van der Waals surface area contributed by atoms with Crippen molar-refractivity contribution in [2.75, 3.05) is 11.5 Å². The average molecular weight is 1540 g/mol. The van der Waals surface area contributed by atoms with Gasteiger partial charge in [-0.05, 0) is 306 Å². The molecule has 0 spiro atoms. The summed E-state index contributed by atoms with van der Waals surface area (Å²) in [5, 5.41) is 9.83. The van der Waals surface area contributed by atoms with Crippen LogP contribution >= 0.6 is 22.7 Å². The monoisotopic (exact) mass is 1540 g/mol.